The van der Waals surface area contributed by atoms with Crippen LogP contribution in [-0.4, -0.2) is 12.9 Å². The molecule has 1 aliphatic rings. The molecule has 0 fully saturated rings. The highest BCUT2D eigenvalue weighted by Crippen LogP contribution is 2.39. The Hall–Kier alpha value is -1.61. The summed E-state index contributed by atoms with van der Waals surface area (Å²) < 4.78 is 5.24. The van der Waals surface area contributed by atoms with E-state index < -0.39 is 0 Å². The number of ether oxygens (including phenoxy) is 1. The lowest BCUT2D eigenvalue weighted by atomic mass is 10.1. The lowest BCUT2D eigenvalue weighted by Gasteiger charge is -2.15. The van der Waals surface area contributed by atoms with E-state index in [1.54, 1.807) is 7.11 Å². The fourth-order valence-corrected chi connectivity index (χ4v) is 3.36. The number of methoxy groups -OCH3 is 1. The highest BCUT2D eigenvalue weighted by atomic mass is 32.2. The second kappa shape index (κ2) is 4.94. The molecule has 1 N–H and O–H groups in total. The zero-order chi connectivity index (χ0) is 12.4. The van der Waals surface area contributed by atoms with Gasteiger partial charge in [0.2, 0.25) is 0 Å². The molecule has 0 saturated heterocycles. The van der Waals surface area contributed by atoms with Crippen LogP contribution in [0.15, 0.2) is 53.4 Å². The Balaban J connectivity index is 1.82. The molecule has 2 nitrogen and oxygen atoms in total. The molecule has 0 spiro atoms. The number of nitrogens with one attached hydrogen (secondary N) is 1. The van der Waals surface area contributed by atoms with Gasteiger partial charge in [-0.2, -0.15) is 0 Å². The van der Waals surface area contributed by atoms with Crippen molar-refractivity contribution in [3.63, 3.8) is 0 Å². The first kappa shape index (κ1) is 11.5. The summed E-state index contributed by atoms with van der Waals surface area (Å²) in [5, 5.41) is 3.57. The van der Waals surface area contributed by atoms with Gasteiger partial charge in [0.1, 0.15) is 5.75 Å². The smallest absolute Gasteiger partial charge is 0.120 e. The standard InChI is InChI=1S/C15H15NOS/c1-17-12-6-4-5-11(9-12)16-14-10-18-15-8-3-2-7-13(14)15/h2-9,14,16H,10H2,1H3. The summed E-state index contributed by atoms with van der Waals surface area (Å²) in [5.41, 5.74) is 2.50. The third-order valence-corrected chi connectivity index (χ3v) is 4.29. The molecule has 0 aliphatic carbocycles. The van der Waals surface area contributed by atoms with E-state index >= 15 is 0 Å². The Kier molecular flexibility index (Phi) is 3.15. The van der Waals surface area contributed by atoms with Crippen LogP contribution in [-0.2, 0) is 0 Å². The lowest BCUT2D eigenvalue weighted by Crippen LogP contribution is -2.09. The first-order chi connectivity index (χ1) is 8.86. The van der Waals surface area contributed by atoms with E-state index in [2.05, 4.69) is 35.6 Å². The number of rotatable bonds is 3. The van der Waals surface area contributed by atoms with Crippen LogP contribution in [0.25, 0.3) is 0 Å². The predicted molar refractivity (Wildman–Crippen MR) is 76.5 cm³/mol. The zero-order valence-electron chi connectivity index (χ0n) is 10.2. The SMILES string of the molecule is COc1cccc(NC2CSc3ccccc32)c1. The van der Waals surface area contributed by atoms with Gasteiger partial charge in [0.25, 0.3) is 0 Å². The van der Waals surface area contributed by atoms with Gasteiger partial charge in [-0.3, -0.25) is 0 Å². The van der Waals surface area contributed by atoms with E-state index in [4.69, 9.17) is 4.74 Å². The third-order valence-electron chi connectivity index (χ3n) is 3.11. The largest absolute Gasteiger partial charge is 0.497 e. The molecule has 3 rings (SSSR count). The summed E-state index contributed by atoms with van der Waals surface area (Å²) in [7, 11) is 1.69. The molecule has 1 heterocycles. The maximum absolute atomic E-state index is 5.24. The van der Waals surface area contributed by atoms with Gasteiger partial charge in [-0.15, -0.1) is 11.8 Å². The molecular formula is C15H15NOS. The summed E-state index contributed by atoms with van der Waals surface area (Å²) in [6.07, 6.45) is 0. The summed E-state index contributed by atoms with van der Waals surface area (Å²) in [4.78, 5) is 1.39. The number of thioether (sulfide) groups is 1. The topological polar surface area (TPSA) is 21.3 Å². The molecule has 1 unspecified atom stereocenters. The quantitative estimate of drug-likeness (QED) is 0.899. The summed E-state index contributed by atoms with van der Waals surface area (Å²) >= 11 is 1.91. The number of hydrogen-bond donors (Lipinski definition) is 1. The van der Waals surface area contributed by atoms with Gasteiger partial charge >= 0.3 is 0 Å². The van der Waals surface area contributed by atoms with Crippen molar-refractivity contribution in [3.05, 3.63) is 54.1 Å². The van der Waals surface area contributed by atoms with Gasteiger partial charge in [-0.05, 0) is 23.8 Å². The van der Waals surface area contributed by atoms with E-state index in [0.717, 1.165) is 17.2 Å². The fourth-order valence-electron chi connectivity index (χ4n) is 2.20. The Morgan fingerprint density at radius 2 is 2.06 bits per heavy atom. The van der Waals surface area contributed by atoms with Crippen LogP contribution in [0.1, 0.15) is 11.6 Å². The number of anilines is 1. The highest BCUT2D eigenvalue weighted by molar-refractivity contribution is 7.99. The van der Waals surface area contributed by atoms with Crippen LogP contribution >= 0.6 is 11.8 Å². The van der Waals surface area contributed by atoms with Crippen molar-refractivity contribution in [1.82, 2.24) is 0 Å². The van der Waals surface area contributed by atoms with Crippen LogP contribution in [0.3, 0.4) is 0 Å². The van der Waals surface area contributed by atoms with Gasteiger partial charge in [0.05, 0.1) is 13.2 Å². The third kappa shape index (κ3) is 2.18. The summed E-state index contributed by atoms with van der Waals surface area (Å²) in [6, 6.07) is 17.1. The monoisotopic (exact) mass is 257 g/mol. The number of fused-ring (bicyclic) bond motifs is 1. The molecular weight excluding hydrogens is 242 g/mol. The molecule has 92 valence electrons. The fraction of sp³-hybridized carbons (Fsp3) is 0.200. The molecule has 0 amide bonds. The van der Waals surface area contributed by atoms with Crippen molar-refractivity contribution in [2.75, 3.05) is 18.2 Å². The second-order valence-corrected chi connectivity index (χ2v) is 5.34. The molecule has 2 aromatic rings. The van der Waals surface area contributed by atoms with E-state index in [1.807, 2.05) is 30.0 Å². The van der Waals surface area contributed by atoms with Crippen LogP contribution in [0.2, 0.25) is 0 Å². The van der Waals surface area contributed by atoms with Gasteiger partial charge in [0.15, 0.2) is 0 Å². The average Bonchev–Trinajstić information content (AvgIpc) is 2.83. The Bertz CT molecular complexity index is 556. The molecule has 1 atom stereocenters. The van der Waals surface area contributed by atoms with Crippen LogP contribution in [0.4, 0.5) is 5.69 Å². The first-order valence-electron chi connectivity index (χ1n) is 5.99. The van der Waals surface area contributed by atoms with Crippen molar-refractivity contribution in [2.24, 2.45) is 0 Å². The minimum atomic E-state index is 0.387. The van der Waals surface area contributed by atoms with E-state index in [1.165, 1.54) is 10.5 Å². The average molecular weight is 257 g/mol. The summed E-state index contributed by atoms with van der Waals surface area (Å²) in [5.74, 6) is 1.97. The van der Waals surface area contributed by atoms with Gasteiger partial charge in [-0.1, -0.05) is 24.3 Å². The van der Waals surface area contributed by atoms with Crippen molar-refractivity contribution >= 4 is 17.4 Å². The zero-order valence-corrected chi connectivity index (χ0v) is 11.0. The van der Waals surface area contributed by atoms with Gasteiger partial charge in [0, 0.05) is 22.4 Å². The van der Waals surface area contributed by atoms with E-state index in [0.29, 0.717) is 6.04 Å². The molecule has 1 aliphatic heterocycles. The van der Waals surface area contributed by atoms with Gasteiger partial charge < -0.3 is 10.1 Å². The maximum atomic E-state index is 5.24. The Labute approximate surface area is 111 Å². The molecule has 3 heteroatoms. The highest BCUT2D eigenvalue weighted by Gasteiger charge is 2.22. The minimum Gasteiger partial charge on any atom is -0.497 e. The van der Waals surface area contributed by atoms with E-state index in [9.17, 15) is 0 Å². The minimum absolute atomic E-state index is 0.387. The van der Waals surface area contributed by atoms with Crippen LogP contribution in [0.5, 0.6) is 5.75 Å². The molecule has 0 radical (unpaired) electrons. The normalized spacial score (nSPS) is 17.3. The van der Waals surface area contributed by atoms with Crippen molar-refractivity contribution in [2.45, 2.75) is 10.9 Å². The lowest BCUT2D eigenvalue weighted by molar-refractivity contribution is 0.415. The number of benzene rings is 2. The molecule has 0 aromatic heterocycles. The number of hydrogen-bond acceptors (Lipinski definition) is 3. The van der Waals surface area contributed by atoms with Crippen LogP contribution < -0.4 is 10.1 Å². The maximum Gasteiger partial charge on any atom is 0.120 e. The van der Waals surface area contributed by atoms with Gasteiger partial charge in [-0.25, -0.2) is 0 Å². The van der Waals surface area contributed by atoms with Crippen molar-refractivity contribution in [3.8, 4) is 5.75 Å². The molecule has 0 bridgehead atoms. The second-order valence-electron chi connectivity index (χ2n) is 4.28. The first-order valence-corrected chi connectivity index (χ1v) is 6.98. The van der Waals surface area contributed by atoms with E-state index in [-0.39, 0.29) is 0 Å². The molecule has 0 saturated carbocycles. The molecule has 2 aromatic carbocycles. The Morgan fingerprint density at radius 1 is 1.17 bits per heavy atom. The van der Waals surface area contributed by atoms with Crippen molar-refractivity contribution in [1.29, 1.82) is 0 Å². The Morgan fingerprint density at radius 3 is 2.94 bits per heavy atom. The summed E-state index contributed by atoms with van der Waals surface area (Å²) in [6.45, 7) is 0. The molecule has 18 heavy (non-hydrogen) atoms. The van der Waals surface area contributed by atoms with Crippen LogP contribution in [0, 0.1) is 0 Å². The predicted octanol–water partition coefficient (Wildman–Crippen LogP) is 3.95. The van der Waals surface area contributed by atoms with Crippen molar-refractivity contribution < 1.29 is 4.74 Å².